The van der Waals surface area contributed by atoms with E-state index >= 15 is 0 Å². The molecule has 3 nitrogen and oxygen atoms in total. The Morgan fingerprint density at radius 3 is 2.42 bits per heavy atom. The van der Waals surface area contributed by atoms with E-state index in [1.807, 2.05) is 0 Å². The molecule has 5 heteroatoms. The number of ether oxygens (including phenoxy) is 1. The van der Waals surface area contributed by atoms with Crippen LogP contribution in [-0.4, -0.2) is 11.2 Å². The molecular weight excluding hydrogens is 252 g/mol. The Morgan fingerprint density at radius 1 is 1.21 bits per heavy atom. The van der Waals surface area contributed by atoms with E-state index < -0.39 is 17.2 Å². The summed E-state index contributed by atoms with van der Waals surface area (Å²) in [5.41, 5.74) is 0.472. The summed E-state index contributed by atoms with van der Waals surface area (Å²) in [6, 6.07) is 6.47. The molecule has 0 spiro atoms. The molecule has 0 aliphatic carbocycles. The second-order valence-corrected chi connectivity index (χ2v) is 4.44. The van der Waals surface area contributed by atoms with Crippen LogP contribution >= 0.6 is 0 Å². The number of benzene rings is 1. The van der Waals surface area contributed by atoms with E-state index in [1.54, 1.807) is 13.0 Å². The van der Waals surface area contributed by atoms with Crippen LogP contribution in [0.5, 0.6) is 0 Å². The molecule has 98 valence electrons. The lowest BCUT2D eigenvalue weighted by Gasteiger charge is -2.14. The van der Waals surface area contributed by atoms with Gasteiger partial charge in [0.05, 0.1) is 6.61 Å². The minimum Gasteiger partial charge on any atom is -0.368 e. The van der Waals surface area contributed by atoms with E-state index in [0.717, 1.165) is 22.3 Å². The molecule has 0 radical (unpaired) electrons. The van der Waals surface area contributed by atoms with Crippen molar-refractivity contribution in [2.75, 3.05) is 6.61 Å². The van der Waals surface area contributed by atoms with Gasteiger partial charge in [0.25, 0.3) is 5.56 Å². The van der Waals surface area contributed by atoms with Gasteiger partial charge in [-0.05, 0) is 25.1 Å². The fourth-order valence-electron chi connectivity index (χ4n) is 2.20. The van der Waals surface area contributed by atoms with Crippen molar-refractivity contribution in [3.05, 3.63) is 63.6 Å². The number of epoxide rings is 1. The molecular formula is C14H11F2NO2. The third-order valence-corrected chi connectivity index (χ3v) is 3.22. The first-order chi connectivity index (χ1) is 9.09. The van der Waals surface area contributed by atoms with Crippen molar-refractivity contribution in [3.8, 4) is 5.69 Å². The van der Waals surface area contributed by atoms with Crippen LogP contribution in [0.3, 0.4) is 0 Å². The van der Waals surface area contributed by atoms with Gasteiger partial charge in [-0.1, -0.05) is 6.07 Å². The molecule has 1 unspecified atom stereocenters. The number of nitrogens with zero attached hydrogens (tertiary/aromatic N) is 1. The number of hydrogen-bond donors (Lipinski definition) is 0. The fourth-order valence-corrected chi connectivity index (χ4v) is 2.20. The summed E-state index contributed by atoms with van der Waals surface area (Å²) in [6.07, 6.45) is -0.0818. The summed E-state index contributed by atoms with van der Waals surface area (Å²) in [6.45, 7) is 2.23. The summed E-state index contributed by atoms with van der Waals surface area (Å²) in [5.74, 6) is -1.53. The molecule has 1 aliphatic rings. The topological polar surface area (TPSA) is 34.5 Å². The second kappa shape index (κ2) is 4.28. The summed E-state index contributed by atoms with van der Waals surface area (Å²) in [5, 5.41) is 0. The van der Waals surface area contributed by atoms with Crippen LogP contribution in [0.25, 0.3) is 5.69 Å². The number of halogens is 2. The van der Waals surface area contributed by atoms with Gasteiger partial charge in [-0.25, -0.2) is 8.78 Å². The Labute approximate surface area is 108 Å². The van der Waals surface area contributed by atoms with Crippen LogP contribution in [0, 0.1) is 18.6 Å². The maximum Gasteiger partial charge on any atom is 0.255 e. The van der Waals surface area contributed by atoms with Gasteiger partial charge in [-0.3, -0.25) is 9.36 Å². The van der Waals surface area contributed by atoms with Gasteiger partial charge in [-0.15, -0.1) is 0 Å². The van der Waals surface area contributed by atoms with Crippen LogP contribution in [0.1, 0.15) is 17.4 Å². The molecule has 1 atom stereocenters. The average Bonchev–Trinajstić information content (AvgIpc) is 3.17. The van der Waals surface area contributed by atoms with Crippen molar-refractivity contribution in [2.45, 2.75) is 13.0 Å². The maximum absolute atomic E-state index is 13.8. The molecule has 1 aromatic heterocycles. The van der Waals surface area contributed by atoms with Crippen molar-refractivity contribution < 1.29 is 13.5 Å². The lowest BCUT2D eigenvalue weighted by Crippen LogP contribution is -2.23. The first-order valence-electron chi connectivity index (χ1n) is 5.88. The predicted molar refractivity (Wildman–Crippen MR) is 65.4 cm³/mol. The van der Waals surface area contributed by atoms with Gasteiger partial charge < -0.3 is 4.74 Å². The van der Waals surface area contributed by atoms with E-state index in [9.17, 15) is 13.6 Å². The van der Waals surface area contributed by atoms with Crippen LogP contribution in [0.15, 0.2) is 35.1 Å². The molecule has 0 bridgehead atoms. The largest absolute Gasteiger partial charge is 0.368 e. The molecule has 0 amide bonds. The van der Waals surface area contributed by atoms with Crippen molar-refractivity contribution in [2.24, 2.45) is 0 Å². The van der Waals surface area contributed by atoms with Crippen LogP contribution in [-0.2, 0) is 4.74 Å². The van der Waals surface area contributed by atoms with Crippen LogP contribution in [0.4, 0.5) is 8.78 Å². The van der Waals surface area contributed by atoms with Crippen molar-refractivity contribution >= 4 is 0 Å². The molecule has 3 rings (SSSR count). The van der Waals surface area contributed by atoms with Crippen LogP contribution < -0.4 is 5.56 Å². The van der Waals surface area contributed by atoms with E-state index in [4.69, 9.17) is 4.74 Å². The Bertz CT molecular complexity index is 685. The van der Waals surface area contributed by atoms with E-state index in [0.29, 0.717) is 12.3 Å². The average molecular weight is 263 g/mol. The Morgan fingerprint density at radius 2 is 1.84 bits per heavy atom. The molecule has 19 heavy (non-hydrogen) atoms. The predicted octanol–water partition coefficient (Wildman–Crippen LogP) is 2.50. The standard InChI is InChI=1S/C14H11F2NO2/c1-8-9(12-7-19-12)5-6-13(18)17(8)14-10(15)3-2-4-11(14)16/h2-6,12H,7H2,1H3. The van der Waals surface area contributed by atoms with Crippen LogP contribution in [0.2, 0.25) is 0 Å². The number of aromatic nitrogens is 1. The zero-order valence-corrected chi connectivity index (χ0v) is 10.2. The minimum absolute atomic E-state index is 0.0818. The smallest absolute Gasteiger partial charge is 0.255 e. The van der Waals surface area contributed by atoms with Gasteiger partial charge >= 0.3 is 0 Å². The zero-order valence-electron chi connectivity index (χ0n) is 10.2. The highest BCUT2D eigenvalue weighted by Crippen LogP contribution is 2.32. The molecule has 1 fully saturated rings. The van der Waals surface area contributed by atoms with Crippen molar-refractivity contribution in [3.63, 3.8) is 0 Å². The SMILES string of the molecule is Cc1c(C2CO2)ccc(=O)n1-c1c(F)cccc1F. The fraction of sp³-hybridized carbons (Fsp3) is 0.214. The molecule has 2 heterocycles. The van der Waals surface area contributed by atoms with Gasteiger partial charge in [0.2, 0.25) is 0 Å². The summed E-state index contributed by atoms with van der Waals surface area (Å²) < 4.78 is 33.8. The lowest BCUT2D eigenvalue weighted by atomic mass is 10.1. The molecule has 0 N–H and O–H groups in total. The number of pyridine rings is 1. The minimum atomic E-state index is -0.765. The number of rotatable bonds is 2. The summed E-state index contributed by atoms with van der Waals surface area (Å²) >= 11 is 0. The van der Waals surface area contributed by atoms with Gasteiger partial charge in [0, 0.05) is 17.3 Å². The molecule has 1 saturated heterocycles. The van der Waals surface area contributed by atoms with E-state index in [2.05, 4.69) is 0 Å². The van der Waals surface area contributed by atoms with Gasteiger partial charge in [-0.2, -0.15) is 0 Å². The first-order valence-corrected chi connectivity index (χ1v) is 5.88. The molecule has 0 saturated carbocycles. The van der Waals surface area contributed by atoms with E-state index in [-0.39, 0.29) is 11.8 Å². The molecule has 1 aromatic carbocycles. The summed E-state index contributed by atoms with van der Waals surface area (Å²) in [7, 11) is 0. The van der Waals surface area contributed by atoms with Gasteiger partial charge in [0.1, 0.15) is 23.4 Å². The monoisotopic (exact) mass is 263 g/mol. The summed E-state index contributed by atoms with van der Waals surface area (Å²) in [4.78, 5) is 11.9. The molecule has 2 aromatic rings. The highest BCUT2D eigenvalue weighted by Gasteiger charge is 2.28. The van der Waals surface area contributed by atoms with Crippen molar-refractivity contribution in [1.82, 2.24) is 4.57 Å². The van der Waals surface area contributed by atoms with E-state index in [1.165, 1.54) is 12.1 Å². The van der Waals surface area contributed by atoms with Gasteiger partial charge in [0.15, 0.2) is 0 Å². The highest BCUT2D eigenvalue weighted by atomic mass is 19.1. The lowest BCUT2D eigenvalue weighted by molar-refractivity contribution is 0.413. The second-order valence-electron chi connectivity index (χ2n) is 4.44. The quantitative estimate of drug-likeness (QED) is 0.780. The Hall–Kier alpha value is -2.01. The van der Waals surface area contributed by atoms with Crippen molar-refractivity contribution in [1.29, 1.82) is 0 Å². The number of para-hydroxylation sites is 1. The Balaban J connectivity index is 2.30. The number of hydrogen-bond acceptors (Lipinski definition) is 2. The normalized spacial score (nSPS) is 17.5. The highest BCUT2D eigenvalue weighted by molar-refractivity contribution is 5.40. The first kappa shape index (κ1) is 12.0. The molecule has 1 aliphatic heterocycles. The zero-order chi connectivity index (χ0) is 13.6. The Kier molecular flexibility index (Phi) is 2.71. The third-order valence-electron chi connectivity index (χ3n) is 3.22. The maximum atomic E-state index is 13.8. The third kappa shape index (κ3) is 1.96.